The number of halogens is 2. The summed E-state index contributed by atoms with van der Waals surface area (Å²) in [6.07, 6.45) is 3.39. The van der Waals surface area contributed by atoms with E-state index in [0.29, 0.717) is 10.8 Å². The van der Waals surface area contributed by atoms with E-state index in [4.69, 9.17) is 11.6 Å². The van der Waals surface area contributed by atoms with Crippen molar-refractivity contribution in [2.75, 3.05) is 0 Å². The molecule has 0 unspecified atom stereocenters. The van der Waals surface area contributed by atoms with Crippen molar-refractivity contribution in [3.05, 3.63) is 52.2 Å². The van der Waals surface area contributed by atoms with Gasteiger partial charge in [0.2, 0.25) is 5.88 Å². The van der Waals surface area contributed by atoms with Crippen molar-refractivity contribution in [2.24, 2.45) is 0 Å². The van der Waals surface area contributed by atoms with Gasteiger partial charge in [0, 0.05) is 27.6 Å². The van der Waals surface area contributed by atoms with Crippen LogP contribution in [0.2, 0.25) is 5.02 Å². The summed E-state index contributed by atoms with van der Waals surface area (Å²) in [5, 5.41) is 12.5. The van der Waals surface area contributed by atoms with Crippen LogP contribution in [-0.2, 0) is 0 Å². The molecule has 0 saturated carbocycles. The Balaban J connectivity index is 2.23. The normalized spacial score (nSPS) is 11.0. The molecule has 3 nitrogen and oxygen atoms in total. The van der Waals surface area contributed by atoms with Crippen LogP contribution in [-0.4, -0.2) is 14.7 Å². The Morgan fingerprint density at radius 3 is 2.78 bits per heavy atom. The van der Waals surface area contributed by atoms with E-state index >= 15 is 0 Å². The lowest BCUT2D eigenvalue weighted by atomic mass is 10.2. The van der Waals surface area contributed by atoms with E-state index in [1.165, 1.54) is 0 Å². The minimum atomic E-state index is 0.173. The molecule has 0 aliphatic carbocycles. The Kier molecular flexibility index (Phi) is 2.76. The third kappa shape index (κ3) is 1.87. The number of aromatic hydroxyl groups is 1. The van der Waals surface area contributed by atoms with Crippen molar-refractivity contribution < 1.29 is 5.11 Å². The summed E-state index contributed by atoms with van der Waals surface area (Å²) in [5.41, 5.74) is 0. The lowest BCUT2D eigenvalue weighted by molar-refractivity contribution is 0.447. The van der Waals surface area contributed by atoms with Crippen molar-refractivity contribution in [1.82, 2.24) is 9.55 Å². The average molecular weight is 324 g/mol. The van der Waals surface area contributed by atoms with Gasteiger partial charge in [0.05, 0.1) is 5.02 Å². The highest BCUT2D eigenvalue weighted by atomic mass is 79.9. The molecule has 0 spiro atoms. The smallest absolute Gasteiger partial charge is 0.204 e. The van der Waals surface area contributed by atoms with E-state index in [-0.39, 0.29) is 5.88 Å². The average Bonchev–Trinajstić information content (AvgIpc) is 2.67. The Morgan fingerprint density at radius 2 is 2.06 bits per heavy atom. The molecule has 1 aromatic carbocycles. The molecule has 18 heavy (non-hydrogen) atoms. The quantitative estimate of drug-likeness (QED) is 0.730. The van der Waals surface area contributed by atoms with Crippen LogP contribution in [0.25, 0.3) is 16.6 Å². The molecule has 2 heterocycles. The molecule has 0 atom stereocenters. The number of fused-ring (bicyclic) bond motifs is 1. The van der Waals surface area contributed by atoms with Crippen LogP contribution in [0.1, 0.15) is 0 Å². The predicted octanol–water partition coefficient (Wildman–Crippen LogP) is 4.15. The number of pyridine rings is 1. The molecule has 0 fully saturated rings. The maximum absolute atomic E-state index is 10.2. The summed E-state index contributed by atoms with van der Waals surface area (Å²) in [6.45, 7) is 0. The topological polar surface area (TPSA) is 38.0 Å². The van der Waals surface area contributed by atoms with Crippen LogP contribution >= 0.6 is 27.5 Å². The molecule has 0 radical (unpaired) electrons. The monoisotopic (exact) mass is 322 g/mol. The first kappa shape index (κ1) is 11.6. The molecule has 0 amide bonds. The van der Waals surface area contributed by atoms with Gasteiger partial charge >= 0.3 is 0 Å². The third-order valence-corrected chi connectivity index (χ3v) is 3.43. The number of hydrogen-bond acceptors (Lipinski definition) is 2. The molecule has 3 rings (SSSR count). The van der Waals surface area contributed by atoms with Gasteiger partial charge in [-0.15, -0.1) is 0 Å². The van der Waals surface area contributed by atoms with Gasteiger partial charge in [-0.05, 0) is 30.3 Å². The fourth-order valence-corrected chi connectivity index (χ4v) is 2.35. The summed E-state index contributed by atoms with van der Waals surface area (Å²) in [4.78, 5) is 4.19. The van der Waals surface area contributed by atoms with E-state index in [2.05, 4.69) is 20.9 Å². The van der Waals surface area contributed by atoms with Crippen molar-refractivity contribution in [3.8, 4) is 11.7 Å². The van der Waals surface area contributed by atoms with Gasteiger partial charge in [-0.3, -0.25) is 4.57 Å². The van der Waals surface area contributed by atoms with Crippen LogP contribution < -0.4 is 0 Å². The maximum Gasteiger partial charge on any atom is 0.204 e. The molecule has 90 valence electrons. The van der Waals surface area contributed by atoms with E-state index in [1.54, 1.807) is 22.9 Å². The van der Waals surface area contributed by atoms with Gasteiger partial charge in [-0.1, -0.05) is 27.5 Å². The zero-order valence-corrected chi connectivity index (χ0v) is 11.5. The van der Waals surface area contributed by atoms with Gasteiger partial charge in [-0.2, -0.15) is 0 Å². The van der Waals surface area contributed by atoms with Crippen LogP contribution in [0.5, 0.6) is 5.88 Å². The second kappa shape index (κ2) is 4.30. The van der Waals surface area contributed by atoms with E-state index in [0.717, 1.165) is 15.2 Å². The maximum atomic E-state index is 10.2. The molecule has 5 heteroatoms. The van der Waals surface area contributed by atoms with Crippen LogP contribution in [0.15, 0.2) is 47.2 Å². The molecule has 0 bridgehead atoms. The molecule has 0 aliphatic heterocycles. The van der Waals surface area contributed by atoms with Gasteiger partial charge in [-0.25, -0.2) is 4.98 Å². The summed E-state index contributed by atoms with van der Waals surface area (Å²) >= 11 is 9.21. The summed E-state index contributed by atoms with van der Waals surface area (Å²) < 4.78 is 2.60. The first-order chi connectivity index (χ1) is 8.65. The van der Waals surface area contributed by atoms with E-state index < -0.39 is 0 Å². The van der Waals surface area contributed by atoms with Gasteiger partial charge in [0.15, 0.2) is 0 Å². The summed E-state index contributed by atoms with van der Waals surface area (Å²) in [6, 6.07) is 9.20. The molecule has 2 aromatic heterocycles. The zero-order chi connectivity index (χ0) is 12.7. The second-order valence-electron chi connectivity index (χ2n) is 3.89. The van der Waals surface area contributed by atoms with Crippen molar-refractivity contribution in [3.63, 3.8) is 0 Å². The first-order valence-electron chi connectivity index (χ1n) is 5.26. The second-order valence-corrected chi connectivity index (χ2v) is 5.24. The van der Waals surface area contributed by atoms with Gasteiger partial charge in [0.1, 0.15) is 5.82 Å². The summed E-state index contributed by atoms with van der Waals surface area (Å²) in [5.74, 6) is 0.802. The highest BCUT2D eigenvalue weighted by Crippen LogP contribution is 2.31. The van der Waals surface area contributed by atoms with E-state index in [1.807, 2.05) is 24.4 Å². The van der Waals surface area contributed by atoms with Crippen LogP contribution in [0, 0.1) is 0 Å². The molecule has 3 aromatic rings. The number of aromatic nitrogens is 2. The lowest BCUT2D eigenvalue weighted by Gasteiger charge is -2.03. The zero-order valence-electron chi connectivity index (χ0n) is 9.14. The Hall–Kier alpha value is -1.52. The SMILES string of the molecule is Oc1c2ccc(Br)cc2cn1-c1ccc(Cl)cn1. The van der Waals surface area contributed by atoms with Crippen molar-refractivity contribution in [2.45, 2.75) is 0 Å². The number of nitrogens with zero attached hydrogens (tertiary/aromatic N) is 2. The van der Waals surface area contributed by atoms with Crippen molar-refractivity contribution in [1.29, 1.82) is 0 Å². The Labute approximate surface area is 117 Å². The highest BCUT2D eigenvalue weighted by molar-refractivity contribution is 9.10. The first-order valence-corrected chi connectivity index (χ1v) is 6.44. The van der Waals surface area contributed by atoms with Crippen LogP contribution in [0.4, 0.5) is 0 Å². The minimum absolute atomic E-state index is 0.173. The third-order valence-electron chi connectivity index (χ3n) is 2.71. The number of hydrogen-bond donors (Lipinski definition) is 1. The van der Waals surface area contributed by atoms with Crippen LogP contribution in [0.3, 0.4) is 0 Å². The Bertz CT molecular complexity index is 722. The highest BCUT2D eigenvalue weighted by Gasteiger charge is 2.10. The molecule has 0 aliphatic rings. The number of benzene rings is 1. The largest absolute Gasteiger partial charge is 0.494 e. The minimum Gasteiger partial charge on any atom is -0.494 e. The fraction of sp³-hybridized carbons (Fsp3) is 0. The molecular formula is C13H8BrClN2O. The Morgan fingerprint density at radius 1 is 1.22 bits per heavy atom. The standard InChI is InChI=1S/C13H8BrClN2O/c14-9-1-3-11-8(5-9)7-17(13(11)18)12-4-2-10(15)6-16-12/h1-7,18H. The van der Waals surface area contributed by atoms with Gasteiger partial charge < -0.3 is 5.11 Å². The van der Waals surface area contributed by atoms with Crippen molar-refractivity contribution >= 4 is 38.3 Å². The van der Waals surface area contributed by atoms with Gasteiger partial charge in [0.25, 0.3) is 0 Å². The molecule has 0 saturated heterocycles. The van der Waals surface area contributed by atoms with E-state index in [9.17, 15) is 5.11 Å². The molecular weight excluding hydrogens is 316 g/mol. The summed E-state index contributed by atoms with van der Waals surface area (Å²) in [7, 11) is 0. The number of rotatable bonds is 1. The fourth-order valence-electron chi connectivity index (χ4n) is 1.86. The predicted molar refractivity (Wildman–Crippen MR) is 75.4 cm³/mol. The molecule has 1 N–H and O–H groups in total. The lowest BCUT2D eigenvalue weighted by Crippen LogP contribution is -1.93.